The first-order valence-corrected chi connectivity index (χ1v) is 10.1. The lowest BCUT2D eigenvalue weighted by Crippen LogP contribution is -2.24. The van der Waals surface area contributed by atoms with Crippen LogP contribution in [-0.4, -0.2) is 31.8 Å². The summed E-state index contributed by atoms with van der Waals surface area (Å²) in [5.74, 6) is -0.762. The molecule has 5 nitrogen and oxygen atoms in total. The zero-order chi connectivity index (χ0) is 22.8. The maximum absolute atomic E-state index is 14.8. The number of hydrogen-bond donors (Lipinski definition) is 0. The Hall–Kier alpha value is -3.55. The molecule has 1 amide bonds. The van der Waals surface area contributed by atoms with Crippen LogP contribution < -0.4 is 14.4 Å². The summed E-state index contributed by atoms with van der Waals surface area (Å²) in [5, 5.41) is 1.08. The van der Waals surface area contributed by atoms with Gasteiger partial charge in [0.25, 0.3) is 12.3 Å². The van der Waals surface area contributed by atoms with E-state index in [4.69, 9.17) is 9.47 Å². The summed E-state index contributed by atoms with van der Waals surface area (Å²) in [6.45, 7) is 1.22. The summed E-state index contributed by atoms with van der Waals surface area (Å²) in [4.78, 5) is 25.3. The molecule has 0 spiro atoms. The molecule has 3 aromatic rings. The van der Waals surface area contributed by atoms with Gasteiger partial charge in [0.15, 0.2) is 0 Å². The Labute approximate surface area is 182 Å². The smallest absolute Gasteiger partial charge is 0.272 e. The lowest BCUT2D eigenvalue weighted by Gasteiger charge is -2.17. The largest absolute Gasteiger partial charge is 0.493 e. The molecule has 0 aromatic heterocycles. The zero-order valence-corrected chi connectivity index (χ0v) is 17.2. The molecule has 0 aliphatic carbocycles. The molecule has 8 heteroatoms. The zero-order valence-electron chi connectivity index (χ0n) is 17.2. The van der Waals surface area contributed by atoms with E-state index in [0.29, 0.717) is 40.5 Å². The topological polar surface area (TPSA) is 55.8 Å². The molecule has 0 N–H and O–H groups in total. The minimum Gasteiger partial charge on any atom is -0.493 e. The maximum Gasteiger partial charge on any atom is 0.272 e. The van der Waals surface area contributed by atoms with Gasteiger partial charge in [0.2, 0.25) is 0 Å². The van der Waals surface area contributed by atoms with E-state index in [2.05, 4.69) is 0 Å². The summed E-state index contributed by atoms with van der Waals surface area (Å²) in [5.41, 5.74) is 1.04. The van der Waals surface area contributed by atoms with Gasteiger partial charge in [-0.2, -0.15) is 0 Å². The maximum atomic E-state index is 14.8. The first-order valence-electron chi connectivity index (χ1n) is 10.1. The Balaban J connectivity index is 1.88. The second kappa shape index (κ2) is 8.90. The van der Waals surface area contributed by atoms with Crippen molar-refractivity contribution in [3.05, 3.63) is 65.0 Å². The standard InChI is InChI=1S/C24H20F3NO4/c1-2-31-22-15-5-3-4-6-16(15)23(32-13-20(26)27)21-17(22)12-28(24(21)30)19-8-7-14(9-10-29)11-18(19)25/h3-8,10-11,20H,2,9,12-13H2,1H3. The fourth-order valence-electron chi connectivity index (χ4n) is 3.96. The molecule has 0 radical (unpaired) electrons. The minimum atomic E-state index is -2.73. The molecule has 0 saturated carbocycles. The molecule has 0 unspecified atom stereocenters. The Morgan fingerprint density at radius 2 is 1.81 bits per heavy atom. The summed E-state index contributed by atoms with van der Waals surface area (Å²) in [6, 6.07) is 11.1. The van der Waals surface area contributed by atoms with Crippen LogP contribution in [0.5, 0.6) is 11.5 Å². The lowest BCUT2D eigenvalue weighted by molar-refractivity contribution is -0.107. The van der Waals surface area contributed by atoms with Crippen LogP contribution in [0.4, 0.5) is 18.9 Å². The van der Waals surface area contributed by atoms with Crippen molar-refractivity contribution in [3.63, 3.8) is 0 Å². The van der Waals surface area contributed by atoms with Crippen molar-refractivity contribution < 1.29 is 32.2 Å². The van der Waals surface area contributed by atoms with Gasteiger partial charge in [0.1, 0.15) is 30.2 Å². The van der Waals surface area contributed by atoms with Crippen molar-refractivity contribution in [3.8, 4) is 11.5 Å². The molecule has 0 atom stereocenters. The Morgan fingerprint density at radius 3 is 2.44 bits per heavy atom. The second-order valence-corrected chi connectivity index (χ2v) is 7.24. The number of carbonyl (C=O) groups is 2. The van der Waals surface area contributed by atoms with Gasteiger partial charge in [-0.1, -0.05) is 30.3 Å². The number of benzene rings is 3. The summed E-state index contributed by atoms with van der Waals surface area (Å²) >= 11 is 0. The van der Waals surface area contributed by atoms with Gasteiger partial charge in [-0.05, 0) is 24.6 Å². The normalized spacial score (nSPS) is 13.0. The average molecular weight is 443 g/mol. The minimum absolute atomic E-state index is 0.0106. The fraction of sp³-hybridized carbons (Fsp3) is 0.250. The van der Waals surface area contributed by atoms with Gasteiger partial charge in [0, 0.05) is 22.8 Å². The molecule has 32 heavy (non-hydrogen) atoms. The molecule has 3 aromatic carbocycles. The number of anilines is 1. The number of fused-ring (bicyclic) bond motifs is 2. The highest BCUT2D eigenvalue weighted by Crippen LogP contribution is 2.46. The van der Waals surface area contributed by atoms with E-state index >= 15 is 0 Å². The number of alkyl halides is 2. The van der Waals surface area contributed by atoms with Gasteiger partial charge < -0.3 is 19.2 Å². The van der Waals surface area contributed by atoms with Gasteiger partial charge in [0.05, 0.1) is 24.4 Å². The molecule has 1 heterocycles. The summed E-state index contributed by atoms with van der Waals surface area (Å²) < 4.78 is 52.0. The molecule has 0 fully saturated rings. The van der Waals surface area contributed by atoms with Crippen LogP contribution in [0.15, 0.2) is 42.5 Å². The molecular formula is C24H20F3NO4. The highest BCUT2D eigenvalue weighted by atomic mass is 19.3. The van der Waals surface area contributed by atoms with Crippen LogP contribution in [0.2, 0.25) is 0 Å². The third-order valence-electron chi connectivity index (χ3n) is 5.26. The van der Waals surface area contributed by atoms with E-state index in [-0.39, 0.29) is 30.0 Å². The Morgan fingerprint density at radius 1 is 1.09 bits per heavy atom. The number of carbonyl (C=O) groups excluding carboxylic acids is 2. The summed E-state index contributed by atoms with van der Waals surface area (Å²) in [7, 11) is 0. The average Bonchev–Trinajstić information content (AvgIpc) is 3.10. The van der Waals surface area contributed by atoms with Crippen LogP contribution in [-0.2, 0) is 17.8 Å². The van der Waals surface area contributed by atoms with Crippen molar-refractivity contribution in [1.29, 1.82) is 0 Å². The molecular weight excluding hydrogens is 423 g/mol. The van der Waals surface area contributed by atoms with Crippen molar-refractivity contribution in [2.45, 2.75) is 26.3 Å². The number of hydrogen-bond acceptors (Lipinski definition) is 4. The Kier molecular flexibility index (Phi) is 6.03. The van der Waals surface area contributed by atoms with E-state index in [1.54, 1.807) is 37.3 Å². The van der Waals surface area contributed by atoms with E-state index in [0.717, 1.165) is 0 Å². The first kappa shape index (κ1) is 21.7. The highest BCUT2D eigenvalue weighted by Gasteiger charge is 2.37. The van der Waals surface area contributed by atoms with Crippen LogP contribution in [0, 0.1) is 5.82 Å². The third kappa shape index (κ3) is 3.77. The van der Waals surface area contributed by atoms with Crippen molar-refractivity contribution >= 4 is 28.7 Å². The van der Waals surface area contributed by atoms with E-state index in [9.17, 15) is 22.8 Å². The van der Waals surface area contributed by atoms with Crippen LogP contribution in [0.25, 0.3) is 10.8 Å². The quantitative estimate of drug-likeness (QED) is 0.464. The van der Waals surface area contributed by atoms with Crippen molar-refractivity contribution in [1.82, 2.24) is 0 Å². The molecule has 0 bridgehead atoms. The molecule has 1 aliphatic heterocycles. The monoisotopic (exact) mass is 443 g/mol. The van der Waals surface area contributed by atoms with Crippen LogP contribution in [0.3, 0.4) is 0 Å². The summed E-state index contributed by atoms with van der Waals surface area (Å²) in [6.07, 6.45) is -2.01. The van der Waals surface area contributed by atoms with Crippen molar-refractivity contribution in [2.75, 3.05) is 18.1 Å². The number of amides is 1. The third-order valence-corrected chi connectivity index (χ3v) is 5.26. The predicted molar refractivity (Wildman–Crippen MR) is 113 cm³/mol. The number of aldehydes is 1. The van der Waals surface area contributed by atoms with Gasteiger partial charge in [-0.3, -0.25) is 4.79 Å². The SMILES string of the molecule is CCOc1c2c(c(OCC(F)F)c3ccccc13)C(=O)N(c1ccc(CC=O)cc1F)C2. The Bertz CT molecular complexity index is 1200. The molecule has 4 rings (SSSR count). The molecule has 0 saturated heterocycles. The van der Waals surface area contributed by atoms with E-state index < -0.39 is 24.8 Å². The number of ether oxygens (including phenoxy) is 2. The predicted octanol–water partition coefficient (Wildman–Crippen LogP) is 4.92. The van der Waals surface area contributed by atoms with Gasteiger partial charge >= 0.3 is 0 Å². The second-order valence-electron chi connectivity index (χ2n) is 7.24. The fourth-order valence-corrected chi connectivity index (χ4v) is 3.96. The highest BCUT2D eigenvalue weighted by molar-refractivity contribution is 6.17. The number of rotatable bonds is 8. The van der Waals surface area contributed by atoms with Crippen LogP contribution in [0.1, 0.15) is 28.4 Å². The van der Waals surface area contributed by atoms with E-state index in [1.807, 2.05) is 0 Å². The van der Waals surface area contributed by atoms with Gasteiger partial charge in [-0.15, -0.1) is 0 Å². The molecule has 1 aliphatic rings. The first-order chi connectivity index (χ1) is 15.5. The lowest BCUT2D eigenvalue weighted by atomic mass is 9.99. The number of nitrogens with zero attached hydrogens (tertiary/aromatic N) is 1. The molecule has 166 valence electrons. The van der Waals surface area contributed by atoms with Crippen LogP contribution >= 0.6 is 0 Å². The van der Waals surface area contributed by atoms with E-state index in [1.165, 1.54) is 17.0 Å². The van der Waals surface area contributed by atoms with Crippen molar-refractivity contribution in [2.24, 2.45) is 0 Å². The van der Waals surface area contributed by atoms with Gasteiger partial charge in [-0.25, -0.2) is 13.2 Å². The number of halogens is 3.